The highest BCUT2D eigenvalue weighted by Crippen LogP contribution is 2.25. The Balaban J connectivity index is 2.42. The van der Waals surface area contributed by atoms with Crippen LogP contribution in [0.5, 0.6) is 0 Å². The third-order valence-corrected chi connectivity index (χ3v) is 2.32. The van der Waals surface area contributed by atoms with Gasteiger partial charge >= 0.3 is 0 Å². The van der Waals surface area contributed by atoms with Crippen LogP contribution < -0.4 is 5.32 Å². The van der Waals surface area contributed by atoms with Crippen molar-refractivity contribution < 1.29 is 17.6 Å². The number of benzene rings is 1. The molecule has 0 saturated heterocycles. The molecule has 2 aromatic rings. The summed E-state index contributed by atoms with van der Waals surface area (Å²) in [4.78, 5) is 2.47. The van der Waals surface area contributed by atoms with Crippen molar-refractivity contribution in [3.63, 3.8) is 0 Å². The molecule has 0 unspecified atom stereocenters. The minimum Gasteiger partial charge on any atom is -0.350 e. The largest absolute Gasteiger partial charge is 0.350 e. The Hall–Kier alpha value is -2.11. The van der Waals surface area contributed by atoms with E-state index >= 15 is 0 Å². The summed E-state index contributed by atoms with van der Waals surface area (Å²) in [5.74, 6) is -6.50. The summed E-state index contributed by atoms with van der Waals surface area (Å²) >= 11 is 0. The van der Waals surface area contributed by atoms with Gasteiger partial charge < -0.3 is 5.32 Å². The number of aromatic nitrogens is 1. The van der Waals surface area contributed by atoms with Crippen molar-refractivity contribution in [2.45, 2.75) is 6.92 Å². The zero-order valence-corrected chi connectivity index (χ0v) is 9.27. The fraction of sp³-hybridized carbons (Fsp3) is 0.0833. The third kappa shape index (κ3) is 2.27. The van der Waals surface area contributed by atoms with Gasteiger partial charge in [0.15, 0.2) is 0 Å². The van der Waals surface area contributed by atoms with Gasteiger partial charge in [-0.3, -0.25) is 0 Å². The summed E-state index contributed by atoms with van der Waals surface area (Å²) in [6, 6.07) is 6.44. The van der Waals surface area contributed by atoms with E-state index in [0.29, 0.717) is 5.69 Å². The molecule has 0 aliphatic carbocycles. The highest BCUT2D eigenvalue weighted by Gasteiger charge is 2.20. The quantitative estimate of drug-likeness (QED) is 0.654. The maximum atomic E-state index is 13.3. The van der Waals surface area contributed by atoms with E-state index in [-0.39, 0.29) is 0 Å². The second-order valence-electron chi connectivity index (χ2n) is 3.69. The zero-order chi connectivity index (χ0) is 13.3. The molecule has 1 N–H and O–H groups in total. The van der Waals surface area contributed by atoms with Gasteiger partial charge in [0, 0.05) is 5.69 Å². The predicted octanol–water partition coefficient (Wildman–Crippen LogP) is 3.69. The van der Waals surface area contributed by atoms with Gasteiger partial charge in [0.25, 0.3) is 11.9 Å². The first-order valence-corrected chi connectivity index (χ1v) is 5.02. The molecule has 0 radical (unpaired) electrons. The van der Waals surface area contributed by atoms with Crippen LogP contribution in [-0.4, -0.2) is 4.98 Å². The lowest BCUT2D eigenvalue weighted by Gasteiger charge is -2.09. The minimum atomic E-state index is -1.69. The van der Waals surface area contributed by atoms with Crippen molar-refractivity contribution in [1.82, 2.24) is 4.98 Å². The van der Waals surface area contributed by atoms with E-state index in [9.17, 15) is 17.6 Å². The van der Waals surface area contributed by atoms with E-state index in [2.05, 4.69) is 10.3 Å². The smallest absolute Gasteiger partial charge is 0.253 e. The molecule has 1 aromatic carbocycles. The molecule has 0 spiro atoms. The Bertz CT molecular complexity index is 555. The Labute approximate surface area is 100 Å². The fourth-order valence-corrected chi connectivity index (χ4v) is 1.38. The van der Waals surface area contributed by atoms with Crippen LogP contribution in [0.15, 0.2) is 24.3 Å². The van der Waals surface area contributed by atoms with Gasteiger partial charge in [-0.2, -0.15) is 22.5 Å². The van der Waals surface area contributed by atoms with Gasteiger partial charge in [0.05, 0.1) is 0 Å². The standard InChI is InChI=1S/C12H8F4N2/c1-6-2-4-7(5-3-6)17-10-8(13)11(15)18-12(16)9(10)14/h2-5H,1H3,(H,17,18). The molecular formula is C12H8F4N2. The molecule has 0 bridgehead atoms. The predicted molar refractivity (Wildman–Crippen MR) is 58.5 cm³/mol. The van der Waals surface area contributed by atoms with Gasteiger partial charge in [-0.1, -0.05) is 17.7 Å². The van der Waals surface area contributed by atoms with Crippen LogP contribution in [-0.2, 0) is 0 Å². The van der Waals surface area contributed by atoms with Crippen LogP contribution in [0.1, 0.15) is 5.56 Å². The Morgan fingerprint density at radius 1 is 0.889 bits per heavy atom. The second kappa shape index (κ2) is 4.64. The van der Waals surface area contributed by atoms with Crippen LogP contribution in [0.25, 0.3) is 0 Å². The lowest BCUT2D eigenvalue weighted by Crippen LogP contribution is -2.05. The lowest BCUT2D eigenvalue weighted by atomic mass is 10.2. The van der Waals surface area contributed by atoms with Crippen molar-refractivity contribution >= 4 is 11.4 Å². The highest BCUT2D eigenvalue weighted by atomic mass is 19.2. The number of hydrogen-bond donors (Lipinski definition) is 1. The van der Waals surface area contributed by atoms with E-state index in [1.54, 1.807) is 12.1 Å². The molecule has 94 valence electrons. The summed E-state index contributed by atoms with van der Waals surface area (Å²) in [5, 5.41) is 2.28. The molecule has 0 amide bonds. The average Bonchev–Trinajstić information content (AvgIpc) is 2.34. The molecule has 0 aliphatic rings. The van der Waals surface area contributed by atoms with Gasteiger partial charge in [-0.15, -0.1) is 0 Å². The minimum absolute atomic E-state index is 0.309. The summed E-state index contributed by atoms with van der Waals surface area (Å²) < 4.78 is 52.3. The van der Waals surface area contributed by atoms with Crippen LogP contribution >= 0.6 is 0 Å². The Morgan fingerprint density at radius 2 is 1.39 bits per heavy atom. The number of anilines is 2. The van der Waals surface area contributed by atoms with Gasteiger partial charge in [-0.25, -0.2) is 0 Å². The Kier molecular flexibility index (Phi) is 3.18. The van der Waals surface area contributed by atoms with E-state index in [4.69, 9.17) is 0 Å². The summed E-state index contributed by atoms with van der Waals surface area (Å²) in [5.41, 5.74) is 0.348. The lowest BCUT2D eigenvalue weighted by molar-refractivity contribution is 0.411. The zero-order valence-electron chi connectivity index (χ0n) is 9.27. The van der Waals surface area contributed by atoms with Crippen LogP contribution in [0.4, 0.5) is 28.9 Å². The number of halogens is 4. The number of aryl methyl sites for hydroxylation is 1. The second-order valence-corrected chi connectivity index (χ2v) is 3.69. The fourth-order valence-electron chi connectivity index (χ4n) is 1.38. The number of nitrogens with one attached hydrogen (secondary N) is 1. The van der Waals surface area contributed by atoms with Gasteiger partial charge in [-0.05, 0) is 19.1 Å². The number of rotatable bonds is 2. The number of nitrogens with zero attached hydrogens (tertiary/aromatic N) is 1. The van der Waals surface area contributed by atoms with E-state index in [0.717, 1.165) is 5.56 Å². The maximum absolute atomic E-state index is 13.3. The molecular weight excluding hydrogens is 248 g/mol. The summed E-state index contributed by atoms with van der Waals surface area (Å²) in [7, 11) is 0. The molecule has 18 heavy (non-hydrogen) atoms. The topological polar surface area (TPSA) is 24.9 Å². The molecule has 0 atom stereocenters. The molecule has 0 aliphatic heterocycles. The van der Waals surface area contributed by atoms with E-state index in [1.807, 2.05) is 6.92 Å². The van der Waals surface area contributed by atoms with Crippen molar-refractivity contribution in [3.8, 4) is 0 Å². The van der Waals surface area contributed by atoms with Crippen molar-refractivity contribution in [2.75, 3.05) is 5.32 Å². The monoisotopic (exact) mass is 256 g/mol. The van der Waals surface area contributed by atoms with Crippen LogP contribution in [0.2, 0.25) is 0 Å². The molecule has 0 fully saturated rings. The number of hydrogen-bond acceptors (Lipinski definition) is 2. The van der Waals surface area contributed by atoms with E-state index in [1.165, 1.54) is 12.1 Å². The molecule has 6 heteroatoms. The molecule has 1 aromatic heterocycles. The van der Waals surface area contributed by atoms with Crippen molar-refractivity contribution in [3.05, 3.63) is 53.4 Å². The summed E-state index contributed by atoms with van der Waals surface area (Å²) in [6.45, 7) is 1.83. The molecule has 1 heterocycles. The highest BCUT2D eigenvalue weighted by molar-refractivity contribution is 5.60. The maximum Gasteiger partial charge on any atom is 0.253 e. The molecule has 2 nitrogen and oxygen atoms in total. The van der Waals surface area contributed by atoms with E-state index < -0.39 is 29.2 Å². The first-order chi connectivity index (χ1) is 8.49. The normalized spacial score (nSPS) is 10.5. The SMILES string of the molecule is Cc1ccc(Nc2c(F)c(F)nc(F)c2F)cc1. The third-order valence-electron chi connectivity index (χ3n) is 2.32. The van der Waals surface area contributed by atoms with Crippen molar-refractivity contribution in [1.29, 1.82) is 0 Å². The molecule has 2 rings (SSSR count). The average molecular weight is 256 g/mol. The van der Waals surface area contributed by atoms with Gasteiger partial charge in [0.1, 0.15) is 5.69 Å². The Morgan fingerprint density at radius 3 is 1.89 bits per heavy atom. The van der Waals surface area contributed by atoms with Crippen molar-refractivity contribution in [2.24, 2.45) is 0 Å². The van der Waals surface area contributed by atoms with Crippen LogP contribution in [0, 0.1) is 30.5 Å². The van der Waals surface area contributed by atoms with Crippen LogP contribution in [0.3, 0.4) is 0 Å². The van der Waals surface area contributed by atoms with Gasteiger partial charge in [0.2, 0.25) is 11.6 Å². The summed E-state index contributed by atoms with van der Waals surface area (Å²) in [6.07, 6.45) is 0. The molecule has 0 saturated carbocycles. The first-order valence-electron chi connectivity index (χ1n) is 5.02. The number of pyridine rings is 1. The first kappa shape index (κ1) is 12.3.